The summed E-state index contributed by atoms with van der Waals surface area (Å²) in [6.45, 7) is 3.92. The van der Waals surface area contributed by atoms with E-state index in [4.69, 9.17) is 4.84 Å². The predicted molar refractivity (Wildman–Crippen MR) is 82.8 cm³/mol. The fraction of sp³-hybridized carbons (Fsp3) is 0.278. The molecule has 0 amide bonds. The van der Waals surface area contributed by atoms with Gasteiger partial charge in [-0.1, -0.05) is 48.5 Å². The lowest BCUT2D eigenvalue weighted by Gasteiger charge is -2.30. The molecular weight excluding hydrogens is 262 g/mol. The van der Waals surface area contributed by atoms with Gasteiger partial charge in [0.25, 0.3) is 0 Å². The zero-order valence-corrected chi connectivity index (χ0v) is 12.3. The van der Waals surface area contributed by atoms with E-state index >= 15 is 0 Å². The topological polar surface area (TPSA) is 29.5 Å². The van der Waals surface area contributed by atoms with Crippen molar-refractivity contribution in [2.24, 2.45) is 5.41 Å². The summed E-state index contributed by atoms with van der Waals surface area (Å²) in [5, 5.41) is 1.87. The molecule has 3 nitrogen and oxygen atoms in total. The van der Waals surface area contributed by atoms with E-state index in [9.17, 15) is 4.79 Å². The Morgan fingerprint density at radius 1 is 1.05 bits per heavy atom. The molecule has 0 saturated carbocycles. The molecule has 3 unspecified atom stereocenters. The number of aldehydes is 1. The average Bonchev–Trinajstić information content (AvgIpc) is 2.81. The minimum atomic E-state index is -0.586. The maximum atomic E-state index is 11.8. The van der Waals surface area contributed by atoms with E-state index in [2.05, 4.69) is 0 Å². The quantitative estimate of drug-likeness (QED) is 0.802. The number of rotatable bonds is 3. The van der Waals surface area contributed by atoms with Crippen LogP contribution in [0, 0.1) is 5.41 Å². The van der Waals surface area contributed by atoms with Crippen molar-refractivity contribution in [1.82, 2.24) is 0 Å². The lowest BCUT2D eigenvalue weighted by molar-refractivity contribution is -0.118. The van der Waals surface area contributed by atoms with E-state index in [1.165, 1.54) is 0 Å². The van der Waals surface area contributed by atoms with Crippen molar-refractivity contribution in [3.63, 3.8) is 0 Å². The van der Waals surface area contributed by atoms with E-state index in [0.717, 1.165) is 17.5 Å². The smallest absolute Gasteiger partial charge is 0.131 e. The van der Waals surface area contributed by atoms with Crippen LogP contribution in [0.15, 0.2) is 60.7 Å². The Kier molecular flexibility index (Phi) is 3.52. The molecule has 1 aliphatic heterocycles. The van der Waals surface area contributed by atoms with Crippen LogP contribution in [0.5, 0.6) is 0 Å². The number of carbonyl (C=O) groups excluding carboxylic acids is 1. The highest BCUT2D eigenvalue weighted by Crippen LogP contribution is 2.49. The fourth-order valence-corrected chi connectivity index (χ4v) is 2.89. The number of carbonyl (C=O) groups is 1. The molecule has 0 spiro atoms. The van der Waals surface area contributed by atoms with Gasteiger partial charge in [-0.25, -0.2) is 5.06 Å². The van der Waals surface area contributed by atoms with Crippen LogP contribution < -0.4 is 5.06 Å². The van der Waals surface area contributed by atoms with Gasteiger partial charge in [0, 0.05) is 0 Å². The maximum Gasteiger partial charge on any atom is 0.131 e. The number of para-hydroxylation sites is 1. The summed E-state index contributed by atoms with van der Waals surface area (Å²) in [7, 11) is 0. The third-order valence-electron chi connectivity index (χ3n) is 4.35. The van der Waals surface area contributed by atoms with E-state index in [0.29, 0.717) is 0 Å². The molecule has 2 aromatic carbocycles. The number of hydrogen-bond acceptors (Lipinski definition) is 3. The van der Waals surface area contributed by atoms with Crippen LogP contribution >= 0.6 is 0 Å². The molecule has 0 bridgehead atoms. The van der Waals surface area contributed by atoms with E-state index in [1.54, 1.807) is 0 Å². The highest BCUT2D eigenvalue weighted by atomic mass is 16.7. The summed E-state index contributed by atoms with van der Waals surface area (Å²) in [5.41, 5.74) is 1.46. The van der Waals surface area contributed by atoms with Gasteiger partial charge in [-0.15, -0.1) is 0 Å². The molecule has 1 saturated heterocycles. The number of hydrogen-bond donors (Lipinski definition) is 0. The number of hydroxylamine groups is 1. The monoisotopic (exact) mass is 281 g/mol. The molecule has 3 rings (SSSR count). The first-order chi connectivity index (χ1) is 10.2. The van der Waals surface area contributed by atoms with Crippen molar-refractivity contribution in [2.75, 3.05) is 5.06 Å². The van der Waals surface area contributed by atoms with Gasteiger partial charge in [0.05, 0.1) is 23.2 Å². The molecule has 3 heteroatoms. The molecule has 108 valence electrons. The van der Waals surface area contributed by atoms with Gasteiger partial charge in [-0.05, 0) is 31.5 Å². The minimum Gasteiger partial charge on any atom is -0.303 e. The van der Waals surface area contributed by atoms with Gasteiger partial charge in [0.15, 0.2) is 0 Å². The summed E-state index contributed by atoms with van der Waals surface area (Å²) in [6, 6.07) is 19.8. The van der Waals surface area contributed by atoms with Crippen molar-refractivity contribution in [1.29, 1.82) is 0 Å². The predicted octanol–water partition coefficient (Wildman–Crippen LogP) is 3.77. The molecule has 1 aliphatic rings. The Balaban J connectivity index is 2.10. The number of benzene rings is 2. The molecule has 0 N–H and O–H groups in total. The second-order valence-electron chi connectivity index (χ2n) is 5.71. The van der Waals surface area contributed by atoms with Crippen LogP contribution in [0.3, 0.4) is 0 Å². The molecule has 1 fully saturated rings. The van der Waals surface area contributed by atoms with Crippen LogP contribution in [0.4, 0.5) is 5.69 Å². The van der Waals surface area contributed by atoms with Crippen LogP contribution in [0.2, 0.25) is 0 Å². The van der Waals surface area contributed by atoms with Crippen molar-refractivity contribution in [2.45, 2.75) is 26.0 Å². The first-order valence-corrected chi connectivity index (χ1v) is 7.19. The first-order valence-electron chi connectivity index (χ1n) is 7.19. The van der Waals surface area contributed by atoms with Crippen LogP contribution in [-0.2, 0) is 9.63 Å². The largest absolute Gasteiger partial charge is 0.303 e. The Labute approximate surface area is 125 Å². The zero-order valence-electron chi connectivity index (χ0n) is 12.3. The molecule has 2 aromatic rings. The van der Waals surface area contributed by atoms with E-state index < -0.39 is 5.41 Å². The third-order valence-corrected chi connectivity index (χ3v) is 4.35. The average molecular weight is 281 g/mol. The SMILES string of the molecule is CC1ON(c2ccccc2)C(c2ccccc2)C1(C)C=O. The summed E-state index contributed by atoms with van der Waals surface area (Å²) < 4.78 is 0. The van der Waals surface area contributed by atoms with Gasteiger partial charge >= 0.3 is 0 Å². The molecule has 21 heavy (non-hydrogen) atoms. The Morgan fingerprint density at radius 3 is 2.19 bits per heavy atom. The molecule has 0 aliphatic carbocycles. The Bertz CT molecular complexity index is 614. The highest BCUT2D eigenvalue weighted by molar-refractivity contribution is 5.66. The highest BCUT2D eigenvalue weighted by Gasteiger charge is 2.51. The molecule has 3 atom stereocenters. The maximum absolute atomic E-state index is 11.8. The van der Waals surface area contributed by atoms with E-state index in [1.807, 2.05) is 79.6 Å². The lowest BCUT2D eigenvalue weighted by atomic mass is 9.77. The van der Waals surface area contributed by atoms with Gasteiger partial charge in [-0.2, -0.15) is 0 Å². The second-order valence-corrected chi connectivity index (χ2v) is 5.71. The lowest BCUT2D eigenvalue weighted by Crippen LogP contribution is -2.34. The fourth-order valence-electron chi connectivity index (χ4n) is 2.89. The van der Waals surface area contributed by atoms with E-state index in [-0.39, 0.29) is 12.1 Å². The van der Waals surface area contributed by atoms with Crippen molar-refractivity contribution in [3.05, 3.63) is 66.2 Å². The normalized spacial score (nSPS) is 28.6. The second kappa shape index (κ2) is 5.34. The van der Waals surface area contributed by atoms with Crippen LogP contribution in [0.25, 0.3) is 0 Å². The van der Waals surface area contributed by atoms with Gasteiger partial charge in [-0.3, -0.25) is 4.84 Å². The third kappa shape index (κ3) is 2.24. The standard InChI is InChI=1S/C18H19NO2/c1-14-18(2,13-20)17(15-9-5-3-6-10-15)19(21-14)16-11-7-4-8-12-16/h3-14,17H,1-2H3. The molecule has 1 heterocycles. The van der Waals surface area contributed by atoms with Crippen molar-refractivity contribution >= 4 is 12.0 Å². The summed E-state index contributed by atoms with van der Waals surface area (Å²) in [6.07, 6.45) is 0.846. The Morgan fingerprint density at radius 2 is 1.62 bits per heavy atom. The van der Waals surface area contributed by atoms with Crippen LogP contribution in [-0.4, -0.2) is 12.4 Å². The van der Waals surface area contributed by atoms with Gasteiger partial charge < -0.3 is 4.79 Å². The van der Waals surface area contributed by atoms with Crippen LogP contribution in [0.1, 0.15) is 25.5 Å². The summed E-state index contributed by atoms with van der Waals surface area (Å²) in [4.78, 5) is 17.8. The minimum absolute atomic E-state index is 0.131. The number of anilines is 1. The van der Waals surface area contributed by atoms with Gasteiger partial charge in [0.2, 0.25) is 0 Å². The van der Waals surface area contributed by atoms with Crippen molar-refractivity contribution in [3.8, 4) is 0 Å². The van der Waals surface area contributed by atoms with Crippen molar-refractivity contribution < 1.29 is 9.63 Å². The molecule has 0 radical (unpaired) electrons. The Hall–Kier alpha value is -2.13. The summed E-state index contributed by atoms with van der Waals surface area (Å²) >= 11 is 0. The number of nitrogens with zero attached hydrogens (tertiary/aromatic N) is 1. The zero-order chi connectivity index (χ0) is 14.9. The van der Waals surface area contributed by atoms with Gasteiger partial charge in [0.1, 0.15) is 6.29 Å². The molecule has 0 aromatic heterocycles. The summed E-state index contributed by atoms with van der Waals surface area (Å²) in [5.74, 6) is 0. The molecular formula is C18H19NO2. The first kappa shape index (κ1) is 13.8.